The van der Waals surface area contributed by atoms with Crippen molar-refractivity contribution in [3.05, 3.63) is 283 Å². The van der Waals surface area contributed by atoms with Crippen molar-refractivity contribution in [1.29, 1.82) is 0 Å². The van der Waals surface area contributed by atoms with Crippen molar-refractivity contribution in [1.82, 2.24) is 4.57 Å². The first-order valence-corrected chi connectivity index (χ1v) is 22.0. The smallest absolute Gasteiger partial charge is 0.0713 e. The highest BCUT2D eigenvalue weighted by atomic mass is 15.2. The number of nitrogens with zero attached hydrogens (tertiary/aromatic N) is 3. The molecule has 302 valence electrons. The van der Waals surface area contributed by atoms with E-state index in [-0.39, 0.29) is 0 Å². The molecular weight excluding hydrogens is 775 g/mol. The van der Waals surface area contributed by atoms with E-state index >= 15 is 0 Å². The van der Waals surface area contributed by atoms with Crippen LogP contribution in [0, 0.1) is 0 Å². The van der Waals surface area contributed by atoms with Crippen LogP contribution in [0.4, 0.5) is 34.1 Å². The molecule has 0 saturated heterocycles. The maximum atomic E-state index is 2.41. The molecular formula is C61H43N3. The summed E-state index contributed by atoms with van der Waals surface area (Å²) < 4.78 is 2.38. The summed E-state index contributed by atoms with van der Waals surface area (Å²) in [4.78, 5) is 4.72. The van der Waals surface area contributed by atoms with Gasteiger partial charge in [-0.2, -0.15) is 0 Å². The lowest BCUT2D eigenvalue weighted by atomic mass is 9.68. The minimum absolute atomic E-state index is 0.476. The van der Waals surface area contributed by atoms with Gasteiger partial charge in [-0.15, -0.1) is 0 Å². The van der Waals surface area contributed by atoms with Gasteiger partial charge < -0.3 is 14.4 Å². The highest BCUT2D eigenvalue weighted by Crippen LogP contribution is 2.56. The summed E-state index contributed by atoms with van der Waals surface area (Å²) in [6, 6.07) is 94.8. The van der Waals surface area contributed by atoms with Crippen LogP contribution in [0.2, 0.25) is 0 Å². The molecule has 1 aliphatic rings. The summed E-state index contributed by atoms with van der Waals surface area (Å²) in [5.74, 6) is 0. The number of para-hydroxylation sites is 4. The zero-order valence-electron chi connectivity index (χ0n) is 35.2. The highest BCUT2D eigenvalue weighted by molar-refractivity contribution is 6.10. The molecule has 0 bridgehead atoms. The van der Waals surface area contributed by atoms with E-state index in [1.165, 1.54) is 55.2 Å². The quantitative estimate of drug-likeness (QED) is 0.144. The molecule has 0 radical (unpaired) electrons. The van der Waals surface area contributed by atoms with Gasteiger partial charge in [0.25, 0.3) is 0 Å². The first-order valence-electron chi connectivity index (χ1n) is 22.0. The Labute approximate surface area is 374 Å². The van der Waals surface area contributed by atoms with Crippen molar-refractivity contribution in [3.63, 3.8) is 0 Å². The fourth-order valence-corrected chi connectivity index (χ4v) is 10.3. The van der Waals surface area contributed by atoms with E-state index in [1.54, 1.807) is 0 Å². The Morgan fingerprint density at radius 3 is 1.25 bits per heavy atom. The normalized spacial score (nSPS) is 12.5. The third-order valence-electron chi connectivity index (χ3n) is 13.0. The Morgan fingerprint density at radius 1 is 0.281 bits per heavy atom. The van der Waals surface area contributed by atoms with Crippen molar-refractivity contribution in [2.45, 2.75) is 5.41 Å². The van der Waals surface area contributed by atoms with Gasteiger partial charge in [0, 0.05) is 50.6 Å². The van der Waals surface area contributed by atoms with Gasteiger partial charge in [-0.1, -0.05) is 164 Å². The molecule has 0 amide bonds. The van der Waals surface area contributed by atoms with E-state index in [2.05, 4.69) is 275 Å². The van der Waals surface area contributed by atoms with Crippen molar-refractivity contribution >= 4 is 55.9 Å². The van der Waals surface area contributed by atoms with E-state index in [0.717, 1.165) is 39.8 Å². The van der Waals surface area contributed by atoms with E-state index in [1.807, 2.05) is 0 Å². The number of benzene rings is 10. The SMILES string of the molecule is c1ccc(N(c2ccccc2)c2ccc(N(c3ccc(C4(c5ccccc5)c5ccccc5-c5ccccc54)cc3)c3ccc4c(c3)c3ccccc3n4-c3ccccc3)cc2)cc1. The second kappa shape index (κ2) is 15.5. The van der Waals surface area contributed by atoms with Crippen LogP contribution >= 0.6 is 0 Å². The average Bonchev–Trinajstić information content (AvgIpc) is 3.87. The Bertz CT molecular complexity index is 3330. The molecule has 1 heterocycles. The predicted octanol–water partition coefficient (Wildman–Crippen LogP) is 16.1. The third kappa shape index (κ3) is 5.97. The van der Waals surface area contributed by atoms with Gasteiger partial charge in [0.2, 0.25) is 0 Å². The van der Waals surface area contributed by atoms with E-state index < -0.39 is 5.41 Å². The molecule has 0 aliphatic heterocycles. The number of aromatic nitrogens is 1. The second-order valence-electron chi connectivity index (χ2n) is 16.5. The molecule has 3 heteroatoms. The zero-order chi connectivity index (χ0) is 42.5. The lowest BCUT2D eigenvalue weighted by molar-refractivity contribution is 0.768. The molecule has 64 heavy (non-hydrogen) atoms. The molecule has 0 atom stereocenters. The van der Waals surface area contributed by atoms with Gasteiger partial charge >= 0.3 is 0 Å². The van der Waals surface area contributed by atoms with Crippen molar-refractivity contribution in [3.8, 4) is 16.8 Å². The molecule has 0 saturated carbocycles. The molecule has 0 unspecified atom stereocenters. The van der Waals surface area contributed by atoms with Crippen LogP contribution in [-0.2, 0) is 5.41 Å². The molecule has 0 N–H and O–H groups in total. The summed E-state index contributed by atoms with van der Waals surface area (Å²) >= 11 is 0. The van der Waals surface area contributed by atoms with Gasteiger partial charge in [0.05, 0.1) is 16.4 Å². The fraction of sp³-hybridized carbons (Fsp3) is 0.0164. The summed E-state index contributed by atoms with van der Waals surface area (Å²) in [6.07, 6.45) is 0. The fourth-order valence-electron chi connectivity index (χ4n) is 10.3. The topological polar surface area (TPSA) is 11.4 Å². The molecule has 11 aromatic rings. The number of hydrogen-bond donors (Lipinski definition) is 0. The zero-order valence-corrected chi connectivity index (χ0v) is 35.2. The van der Waals surface area contributed by atoms with E-state index in [9.17, 15) is 0 Å². The van der Waals surface area contributed by atoms with Gasteiger partial charge in [-0.25, -0.2) is 0 Å². The lowest BCUT2D eigenvalue weighted by Crippen LogP contribution is -2.28. The Balaban J connectivity index is 1.04. The van der Waals surface area contributed by atoms with Gasteiger partial charge in [-0.05, 0) is 130 Å². The number of anilines is 6. The average molecular weight is 818 g/mol. The van der Waals surface area contributed by atoms with Crippen LogP contribution in [0.25, 0.3) is 38.6 Å². The molecule has 10 aromatic carbocycles. The molecule has 0 spiro atoms. The molecule has 1 aliphatic carbocycles. The first kappa shape index (κ1) is 37.4. The van der Waals surface area contributed by atoms with Crippen molar-refractivity contribution in [2.24, 2.45) is 0 Å². The summed E-state index contributed by atoms with van der Waals surface area (Å²) in [7, 11) is 0. The standard InChI is InChI=1S/C61H43N3/c1-5-19-44(20-6-1)61(57-30-16-13-27-53(57)54-28-14-17-31-58(54)61)45-33-35-49(36-34-45)63(51-39-37-50(38-40-51)62(46-21-7-2-8-22-46)47-23-9-3-10-24-47)52-41-42-60-56(43-52)55-29-15-18-32-59(55)64(60)48-25-11-4-12-26-48/h1-43H. The van der Waals surface area contributed by atoms with E-state index in [4.69, 9.17) is 0 Å². The Hall–Kier alpha value is -8.40. The van der Waals surface area contributed by atoms with Crippen molar-refractivity contribution in [2.75, 3.05) is 9.80 Å². The van der Waals surface area contributed by atoms with Crippen LogP contribution in [0.1, 0.15) is 22.3 Å². The van der Waals surface area contributed by atoms with Crippen LogP contribution < -0.4 is 9.80 Å². The van der Waals surface area contributed by atoms with Crippen LogP contribution in [0.3, 0.4) is 0 Å². The van der Waals surface area contributed by atoms with Crippen molar-refractivity contribution < 1.29 is 0 Å². The molecule has 12 rings (SSSR count). The Kier molecular flexibility index (Phi) is 9.05. The summed E-state index contributed by atoms with van der Waals surface area (Å²) in [5, 5.41) is 2.43. The Morgan fingerprint density at radius 2 is 0.672 bits per heavy atom. The maximum absolute atomic E-state index is 2.41. The minimum atomic E-state index is -0.476. The number of hydrogen-bond acceptors (Lipinski definition) is 2. The van der Waals surface area contributed by atoms with Gasteiger partial charge in [0.15, 0.2) is 0 Å². The van der Waals surface area contributed by atoms with E-state index in [0.29, 0.717) is 0 Å². The van der Waals surface area contributed by atoms with Crippen LogP contribution in [-0.4, -0.2) is 4.57 Å². The van der Waals surface area contributed by atoms with Crippen LogP contribution in [0.5, 0.6) is 0 Å². The number of fused-ring (bicyclic) bond motifs is 6. The molecule has 3 nitrogen and oxygen atoms in total. The van der Waals surface area contributed by atoms with Gasteiger partial charge in [0.1, 0.15) is 0 Å². The third-order valence-corrected chi connectivity index (χ3v) is 13.0. The largest absolute Gasteiger partial charge is 0.311 e. The first-order chi connectivity index (χ1) is 31.8. The summed E-state index contributed by atoms with van der Waals surface area (Å²) in [6.45, 7) is 0. The monoisotopic (exact) mass is 817 g/mol. The minimum Gasteiger partial charge on any atom is -0.311 e. The number of rotatable bonds is 9. The highest BCUT2D eigenvalue weighted by Gasteiger charge is 2.45. The molecule has 1 aromatic heterocycles. The summed E-state index contributed by atoms with van der Waals surface area (Å²) in [5.41, 5.74) is 17.2. The lowest BCUT2D eigenvalue weighted by Gasteiger charge is -2.34. The molecule has 0 fully saturated rings. The maximum Gasteiger partial charge on any atom is 0.0713 e. The van der Waals surface area contributed by atoms with Crippen LogP contribution in [0.15, 0.2) is 261 Å². The van der Waals surface area contributed by atoms with Gasteiger partial charge in [-0.3, -0.25) is 0 Å². The predicted molar refractivity (Wildman–Crippen MR) is 267 cm³/mol. The second-order valence-corrected chi connectivity index (χ2v) is 16.5.